The van der Waals surface area contributed by atoms with Gasteiger partial charge in [-0.05, 0) is 42.7 Å². The molecule has 2 aromatic rings. The van der Waals surface area contributed by atoms with Gasteiger partial charge < -0.3 is 0 Å². The number of hydrogen-bond donors (Lipinski definition) is 0. The van der Waals surface area contributed by atoms with Gasteiger partial charge in [0.25, 0.3) is 0 Å². The molecule has 1 aliphatic carbocycles. The zero-order valence-electron chi connectivity index (χ0n) is 18.1. The quantitative estimate of drug-likeness (QED) is 0.382. The third-order valence-corrected chi connectivity index (χ3v) is 6.22. The summed E-state index contributed by atoms with van der Waals surface area (Å²) in [5.41, 5.74) is 5.23. The summed E-state index contributed by atoms with van der Waals surface area (Å²) >= 11 is 0. The van der Waals surface area contributed by atoms with Crippen LogP contribution in [0.15, 0.2) is 30.5 Å². The maximum absolute atomic E-state index is 4.92. The second-order valence-corrected chi connectivity index (χ2v) is 8.63. The first-order valence-electron chi connectivity index (χ1n) is 11.7. The van der Waals surface area contributed by atoms with E-state index in [1.807, 2.05) is 0 Å². The van der Waals surface area contributed by atoms with E-state index in [2.05, 4.69) is 44.3 Å². The number of fused-ring (bicyclic) bond motifs is 1. The van der Waals surface area contributed by atoms with Crippen molar-refractivity contribution in [3.63, 3.8) is 0 Å². The first kappa shape index (κ1) is 21.0. The predicted molar refractivity (Wildman–Crippen MR) is 120 cm³/mol. The molecule has 3 rings (SSSR count). The highest BCUT2D eigenvalue weighted by Gasteiger charge is 2.20. The number of aromatic nitrogens is 2. The van der Waals surface area contributed by atoms with Crippen LogP contribution < -0.4 is 0 Å². The number of nitrogens with zero attached hydrogens (tertiary/aromatic N) is 2. The summed E-state index contributed by atoms with van der Waals surface area (Å²) in [5, 5.41) is 0. The average Bonchev–Trinajstić information content (AvgIpc) is 2.73. The highest BCUT2D eigenvalue weighted by Crippen LogP contribution is 2.29. The summed E-state index contributed by atoms with van der Waals surface area (Å²) in [7, 11) is 0. The third kappa shape index (κ3) is 6.15. The molecule has 0 radical (unpaired) electrons. The molecule has 28 heavy (non-hydrogen) atoms. The minimum absolute atomic E-state index is 0.839. The molecule has 2 nitrogen and oxygen atoms in total. The molecule has 0 aliphatic heterocycles. The summed E-state index contributed by atoms with van der Waals surface area (Å²) in [6.45, 7) is 4.51. The molecule has 1 atom stereocenters. The van der Waals surface area contributed by atoms with Gasteiger partial charge in [-0.1, -0.05) is 95.9 Å². The van der Waals surface area contributed by atoms with Crippen molar-refractivity contribution in [2.75, 3.05) is 0 Å². The molecule has 1 aromatic heterocycles. The molecule has 0 N–H and O–H groups in total. The van der Waals surface area contributed by atoms with E-state index in [0.29, 0.717) is 0 Å². The number of rotatable bonds is 11. The Morgan fingerprint density at radius 2 is 1.64 bits per heavy atom. The SMILES string of the molecule is CCCCCCCCCC1CCc2nc(-c3ccc(CCC)cc3)ncc2C1. The van der Waals surface area contributed by atoms with Gasteiger partial charge in [0.15, 0.2) is 5.82 Å². The number of hydrogen-bond acceptors (Lipinski definition) is 2. The lowest BCUT2D eigenvalue weighted by Gasteiger charge is -2.24. The molecule has 152 valence electrons. The largest absolute Gasteiger partial charge is 0.236 e. The number of unbranched alkanes of at least 4 members (excludes halogenated alkanes) is 6. The van der Waals surface area contributed by atoms with Crippen molar-refractivity contribution in [3.05, 3.63) is 47.3 Å². The molecular formula is C26H38N2. The predicted octanol–water partition coefficient (Wildman–Crippen LogP) is 7.34. The number of benzene rings is 1. The minimum Gasteiger partial charge on any atom is -0.236 e. The summed E-state index contributed by atoms with van der Waals surface area (Å²) < 4.78 is 0. The summed E-state index contributed by atoms with van der Waals surface area (Å²) in [5.74, 6) is 1.73. The molecule has 0 spiro atoms. The lowest BCUT2D eigenvalue weighted by Crippen LogP contribution is -2.16. The van der Waals surface area contributed by atoms with Crippen LogP contribution in [0, 0.1) is 5.92 Å². The Kier molecular flexibility index (Phi) is 8.51. The Bertz CT molecular complexity index is 705. The van der Waals surface area contributed by atoms with Gasteiger partial charge in [0, 0.05) is 17.5 Å². The van der Waals surface area contributed by atoms with Gasteiger partial charge in [0.2, 0.25) is 0 Å². The molecule has 0 saturated carbocycles. The molecule has 2 heteroatoms. The van der Waals surface area contributed by atoms with Gasteiger partial charge in [-0.3, -0.25) is 0 Å². The molecule has 1 aromatic carbocycles. The van der Waals surface area contributed by atoms with Crippen molar-refractivity contribution in [1.82, 2.24) is 9.97 Å². The van der Waals surface area contributed by atoms with Crippen molar-refractivity contribution >= 4 is 0 Å². The van der Waals surface area contributed by atoms with Crippen LogP contribution >= 0.6 is 0 Å². The van der Waals surface area contributed by atoms with Crippen molar-refractivity contribution in [3.8, 4) is 11.4 Å². The molecule has 1 heterocycles. The molecule has 0 fully saturated rings. The second kappa shape index (κ2) is 11.3. The lowest BCUT2D eigenvalue weighted by molar-refractivity contribution is 0.399. The van der Waals surface area contributed by atoms with Gasteiger partial charge in [0.05, 0.1) is 0 Å². The normalized spacial score (nSPS) is 16.1. The van der Waals surface area contributed by atoms with E-state index in [9.17, 15) is 0 Å². The van der Waals surface area contributed by atoms with Crippen molar-refractivity contribution in [2.45, 2.75) is 97.3 Å². The maximum atomic E-state index is 4.92. The van der Waals surface area contributed by atoms with E-state index in [4.69, 9.17) is 9.97 Å². The van der Waals surface area contributed by atoms with Crippen LogP contribution in [-0.2, 0) is 19.3 Å². The first-order chi connectivity index (χ1) is 13.8. The lowest BCUT2D eigenvalue weighted by atomic mass is 9.84. The van der Waals surface area contributed by atoms with Crippen LogP contribution in [0.5, 0.6) is 0 Å². The Balaban J connectivity index is 1.48. The van der Waals surface area contributed by atoms with E-state index in [1.165, 1.54) is 87.4 Å². The second-order valence-electron chi connectivity index (χ2n) is 8.63. The highest BCUT2D eigenvalue weighted by molar-refractivity contribution is 5.55. The van der Waals surface area contributed by atoms with Gasteiger partial charge in [-0.25, -0.2) is 9.97 Å². The van der Waals surface area contributed by atoms with E-state index in [0.717, 1.165) is 30.1 Å². The zero-order chi connectivity index (χ0) is 19.6. The fourth-order valence-electron chi connectivity index (χ4n) is 4.47. The highest BCUT2D eigenvalue weighted by atomic mass is 14.9. The Hall–Kier alpha value is -1.70. The molecule has 1 aliphatic rings. The third-order valence-electron chi connectivity index (χ3n) is 6.22. The van der Waals surface area contributed by atoms with Crippen LogP contribution in [0.2, 0.25) is 0 Å². The van der Waals surface area contributed by atoms with Crippen LogP contribution in [0.4, 0.5) is 0 Å². The van der Waals surface area contributed by atoms with Crippen molar-refractivity contribution in [1.29, 1.82) is 0 Å². The summed E-state index contributed by atoms with van der Waals surface area (Å²) in [6.07, 6.45) is 19.3. The summed E-state index contributed by atoms with van der Waals surface area (Å²) in [4.78, 5) is 9.62. The fraction of sp³-hybridized carbons (Fsp3) is 0.615. The fourth-order valence-corrected chi connectivity index (χ4v) is 4.47. The van der Waals surface area contributed by atoms with E-state index < -0.39 is 0 Å². The average molecular weight is 379 g/mol. The maximum Gasteiger partial charge on any atom is 0.159 e. The van der Waals surface area contributed by atoms with E-state index in [1.54, 1.807) is 0 Å². The Morgan fingerprint density at radius 3 is 2.39 bits per heavy atom. The van der Waals surface area contributed by atoms with Crippen LogP contribution in [0.1, 0.15) is 94.9 Å². The van der Waals surface area contributed by atoms with Crippen LogP contribution in [0.25, 0.3) is 11.4 Å². The van der Waals surface area contributed by atoms with E-state index >= 15 is 0 Å². The van der Waals surface area contributed by atoms with Gasteiger partial charge in [-0.2, -0.15) is 0 Å². The van der Waals surface area contributed by atoms with Gasteiger partial charge >= 0.3 is 0 Å². The van der Waals surface area contributed by atoms with Crippen molar-refractivity contribution < 1.29 is 0 Å². The smallest absolute Gasteiger partial charge is 0.159 e. The molecule has 0 amide bonds. The van der Waals surface area contributed by atoms with Crippen LogP contribution in [0.3, 0.4) is 0 Å². The molecular weight excluding hydrogens is 340 g/mol. The Labute approximate surface area is 172 Å². The monoisotopic (exact) mass is 378 g/mol. The zero-order valence-corrected chi connectivity index (χ0v) is 18.1. The van der Waals surface area contributed by atoms with E-state index in [-0.39, 0.29) is 0 Å². The molecule has 0 saturated heterocycles. The Morgan fingerprint density at radius 1 is 0.893 bits per heavy atom. The van der Waals surface area contributed by atoms with Gasteiger partial charge in [-0.15, -0.1) is 0 Å². The molecule has 1 unspecified atom stereocenters. The topological polar surface area (TPSA) is 25.8 Å². The first-order valence-corrected chi connectivity index (χ1v) is 11.7. The number of aryl methyl sites for hydroxylation is 2. The molecule has 0 bridgehead atoms. The minimum atomic E-state index is 0.839. The van der Waals surface area contributed by atoms with Gasteiger partial charge in [0.1, 0.15) is 0 Å². The summed E-state index contributed by atoms with van der Waals surface area (Å²) in [6, 6.07) is 8.80. The standard InChI is InChI=1S/C26H38N2/c1-3-5-6-7-8-9-10-12-22-15-18-25-24(19-22)20-27-26(28-25)23-16-13-21(11-4-2)14-17-23/h13-14,16-17,20,22H,3-12,15,18-19H2,1-2H3. The van der Waals surface area contributed by atoms with Crippen molar-refractivity contribution in [2.24, 2.45) is 5.92 Å². The van der Waals surface area contributed by atoms with Crippen LogP contribution in [-0.4, -0.2) is 9.97 Å².